The van der Waals surface area contributed by atoms with Gasteiger partial charge in [0.05, 0.1) is 88.9 Å². The number of likely N-dealkylation sites (N-methyl/N-ethyl adjacent to an activating group) is 2. The summed E-state index contributed by atoms with van der Waals surface area (Å²) >= 11 is 0. The predicted molar refractivity (Wildman–Crippen MR) is 294 cm³/mol. The molecule has 2 saturated heterocycles. The maximum atomic E-state index is 15.3. The highest BCUT2D eigenvalue weighted by molar-refractivity contribution is 6.28. The molecule has 6 heterocycles. The number of nitrogens with zero attached hydrogens (tertiary/aromatic N) is 6. The lowest BCUT2D eigenvalue weighted by atomic mass is 9.65. The second-order valence-electron chi connectivity index (χ2n) is 23.0. The van der Waals surface area contributed by atoms with Gasteiger partial charge in [0.2, 0.25) is 34.9 Å². The SMILES string of the molecule is CC[C@H](N[C@H]1C2=C(C(=O)C(OC)=C(C)C2=O)[C@@H]2[C@@H]3CC4=C(C(=O)C(OC)=C(C)C4=O)[C@H](CNC(=O)[C@@H](N)CC)N3[C@@H](C#N)[C@H]1N2C)C(=O)NC[C@H]1C2=C(C[C@H]3[C@H]4C5=C(C[C@@H]([C@H](C#N)N13)N4C)C(=O)C(C)=C(OC)C5=O)C(=O)C(C)=C(OC)C2=O. The molecule has 0 aromatic rings. The topological polar surface area (TPSA) is 330 Å². The Labute approximate surface area is 485 Å². The number of ketones is 8. The molecule has 0 unspecified atom stereocenters. The smallest absolute Gasteiger partial charge is 0.237 e. The van der Waals surface area contributed by atoms with E-state index in [2.05, 4.69) is 28.1 Å². The van der Waals surface area contributed by atoms with Gasteiger partial charge in [0.15, 0.2) is 46.2 Å². The van der Waals surface area contributed by atoms with Crippen LogP contribution in [0, 0.1) is 22.7 Å². The zero-order valence-corrected chi connectivity index (χ0v) is 48.9. The molecule has 2 amide bonds. The molecule has 24 heteroatoms. The highest BCUT2D eigenvalue weighted by atomic mass is 16.5. The van der Waals surface area contributed by atoms with E-state index in [0.29, 0.717) is 0 Å². The van der Waals surface area contributed by atoms with E-state index in [-0.39, 0.29) is 129 Å². The number of hydrogen-bond donors (Lipinski definition) is 4. The van der Waals surface area contributed by atoms with E-state index in [1.807, 2.05) is 4.90 Å². The van der Waals surface area contributed by atoms with E-state index >= 15 is 14.4 Å². The molecule has 10 aliphatic rings. The fraction of sp³-hybridized carbons (Fsp3) is 0.533. The number of methoxy groups -OCH3 is 4. The Morgan fingerprint density at radius 3 is 1.37 bits per heavy atom. The Balaban J connectivity index is 1.05. The highest BCUT2D eigenvalue weighted by Crippen LogP contribution is 2.52. The van der Waals surface area contributed by atoms with Crippen molar-refractivity contribution in [3.63, 3.8) is 0 Å². The molecule has 13 atom stereocenters. The van der Waals surface area contributed by atoms with Gasteiger partial charge < -0.3 is 35.3 Å². The molecule has 0 spiro atoms. The molecule has 0 saturated carbocycles. The minimum absolute atomic E-state index is 0.00834. The summed E-state index contributed by atoms with van der Waals surface area (Å²) in [5.41, 5.74) is 6.89. The van der Waals surface area contributed by atoms with Gasteiger partial charge in [-0.1, -0.05) is 13.8 Å². The van der Waals surface area contributed by atoms with E-state index in [4.69, 9.17) is 24.7 Å². The molecular formula is C60H68N10O14. The lowest BCUT2D eigenvalue weighted by Gasteiger charge is -2.62. The largest absolute Gasteiger partial charge is 0.492 e. The molecule has 0 aromatic heterocycles. The Hall–Kier alpha value is -7.84. The van der Waals surface area contributed by atoms with Crippen LogP contribution in [-0.2, 0) is 66.9 Å². The van der Waals surface area contributed by atoms with E-state index in [0.717, 1.165) is 0 Å². The molecule has 442 valence electrons. The minimum Gasteiger partial charge on any atom is -0.492 e. The van der Waals surface area contributed by atoms with Crippen molar-refractivity contribution in [1.29, 1.82) is 10.5 Å². The third-order valence-corrected chi connectivity index (χ3v) is 19.3. The van der Waals surface area contributed by atoms with Gasteiger partial charge in [-0.3, -0.25) is 72.9 Å². The van der Waals surface area contributed by atoms with E-state index < -0.39 is 143 Å². The third kappa shape index (κ3) is 8.34. The quantitative estimate of drug-likeness (QED) is 0.161. The van der Waals surface area contributed by atoms with Crippen molar-refractivity contribution in [2.75, 3.05) is 55.6 Å². The van der Waals surface area contributed by atoms with Gasteiger partial charge in [0.25, 0.3) is 0 Å². The molecule has 24 nitrogen and oxygen atoms in total. The maximum absolute atomic E-state index is 15.3. The number of Topliss-reactive ketones (excluding diaryl/α,β-unsaturated/α-hetero) is 8. The highest BCUT2D eigenvalue weighted by Gasteiger charge is 2.64. The van der Waals surface area contributed by atoms with Gasteiger partial charge in [-0.2, -0.15) is 10.5 Å². The van der Waals surface area contributed by atoms with E-state index in [1.165, 1.54) is 56.1 Å². The summed E-state index contributed by atoms with van der Waals surface area (Å²) in [6.45, 7) is 8.59. The summed E-state index contributed by atoms with van der Waals surface area (Å²) in [6, 6.07) is -8.98. The van der Waals surface area contributed by atoms with Gasteiger partial charge in [-0.15, -0.1) is 0 Å². The van der Waals surface area contributed by atoms with Crippen molar-refractivity contribution >= 4 is 58.1 Å². The van der Waals surface area contributed by atoms with Crippen LogP contribution in [0.4, 0.5) is 0 Å². The molecule has 4 aliphatic carbocycles. The summed E-state index contributed by atoms with van der Waals surface area (Å²) in [5, 5.41) is 32.0. The average molecular weight is 1150 g/mol. The van der Waals surface area contributed by atoms with Crippen LogP contribution in [0.25, 0.3) is 0 Å². The van der Waals surface area contributed by atoms with Crippen LogP contribution in [0.1, 0.15) is 73.6 Å². The van der Waals surface area contributed by atoms with Gasteiger partial charge in [-0.25, -0.2) is 0 Å². The summed E-state index contributed by atoms with van der Waals surface area (Å²) in [7, 11) is 8.50. The number of carbonyl (C=O) groups excluding carboxylic acids is 10. The number of carbonyl (C=O) groups is 10. The second kappa shape index (κ2) is 22.0. The number of hydrogen-bond acceptors (Lipinski definition) is 22. The first-order valence-electron chi connectivity index (χ1n) is 28.1. The van der Waals surface area contributed by atoms with Crippen LogP contribution < -0.4 is 21.7 Å². The monoisotopic (exact) mass is 1150 g/mol. The summed E-state index contributed by atoms with van der Waals surface area (Å²) in [4.78, 5) is 153. The minimum atomic E-state index is -1.30. The number of nitrogens with two attached hydrogens (primary N) is 1. The molecule has 4 bridgehead atoms. The first-order chi connectivity index (χ1) is 40.0. The standard InChI is InChI=1S/C60H68N10O14/c1-13-29(63)59(79)64-20-37-39-27(48(72)23(4)56(82-10)52(39)76)17-33-45-42-41(50(74)25(6)58(84-12)54(42)78)43(46(68(45)8)35(19-62)70(33)37)66-30(14-2)60(80)65-21-36-38-26(47(71)22(3)55(81-9)51(38)75)16-32-44-40-28(49(73)24(5)57(83-11)53(40)77)15-31(67(44)7)34(18-61)69(32)36/h29-37,43-46,66H,13-17,20-21,63H2,1-12H3,(H,64,79)(H,65,80)/t29-,30-,31-,32-,33-,34-,35-,36-,37-,43-,44-,45-,46+/m0/s1. The Bertz CT molecular complexity index is 3490. The number of allylic oxidation sites excluding steroid dienone is 8. The fourth-order valence-corrected chi connectivity index (χ4v) is 15.4. The van der Waals surface area contributed by atoms with Crippen LogP contribution in [0.15, 0.2) is 89.9 Å². The van der Waals surface area contributed by atoms with Crippen molar-refractivity contribution in [2.45, 2.75) is 152 Å². The predicted octanol–water partition coefficient (Wildman–Crippen LogP) is -0.379. The molecule has 2 fully saturated rings. The van der Waals surface area contributed by atoms with Crippen LogP contribution in [-0.4, -0.2) is 212 Å². The Morgan fingerprint density at radius 1 is 0.536 bits per heavy atom. The lowest BCUT2D eigenvalue weighted by Crippen LogP contribution is -2.79. The number of amides is 2. The number of nitrogens with one attached hydrogen (secondary N) is 3. The summed E-state index contributed by atoms with van der Waals surface area (Å²) < 4.78 is 22.2. The lowest BCUT2D eigenvalue weighted by molar-refractivity contribution is -0.129. The van der Waals surface area contributed by atoms with Gasteiger partial charge in [0.1, 0.15) is 12.1 Å². The molecule has 10 rings (SSSR count). The number of piperazine rings is 2. The van der Waals surface area contributed by atoms with Gasteiger partial charge in [0, 0.05) is 98.1 Å². The van der Waals surface area contributed by atoms with Crippen molar-refractivity contribution in [3.05, 3.63) is 89.9 Å². The molecule has 84 heavy (non-hydrogen) atoms. The summed E-state index contributed by atoms with van der Waals surface area (Å²) in [5.74, 6) is -6.47. The Kier molecular flexibility index (Phi) is 15.5. The molecule has 0 radical (unpaired) electrons. The first-order valence-corrected chi connectivity index (χ1v) is 28.1. The normalized spacial score (nSPS) is 31.7. The van der Waals surface area contributed by atoms with Crippen molar-refractivity contribution in [2.24, 2.45) is 5.73 Å². The van der Waals surface area contributed by atoms with Crippen molar-refractivity contribution < 1.29 is 66.9 Å². The number of ether oxygens (including phenoxy) is 4. The zero-order valence-electron chi connectivity index (χ0n) is 48.9. The first kappa shape index (κ1) is 59.3. The van der Waals surface area contributed by atoms with E-state index in [9.17, 15) is 44.1 Å². The average Bonchev–Trinajstić information content (AvgIpc) is 0.727. The zero-order chi connectivity index (χ0) is 61.1. The van der Waals surface area contributed by atoms with Crippen molar-refractivity contribution in [3.8, 4) is 12.1 Å². The van der Waals surface area contributed by atoms with Crippen LogP contribution in [0.2, 0.25) is 0 Å². The fourth-order valence-electron chi connectivity index (χ4n) is 15.4. The maximum Gasteiger partial charge on any atom is 0.237 e. The van der Waals surface area contributed by atoms with Gasteiger partial charge in [-0.05, 0) is 73.9 Å². The van der Waals surface area contributed by atoms with Crippen molar-refractivity contribution in [1.82, 2.24) is 35.6 Å². The van der Waals surface area contributed by atoms with Crippen LogP contribution in [0.3, 0.4) is 0 Å². The molecule has 6 aliphatic heterocycles. The molecular weight excluding hydrogens is 1080 g/mol. The number of nitriles is 2. The third-order valence-electron chi connectivity index (χ3n) is 19.3. The van der Waals surface area contributed by atoms with Crippen LogP contribution in [0.5, 0.6) is 0 Å². The summed E-state index contributed by atoms with van der Waals surface area (Å²) in [6.07, 6.45) is -0.00484. The van der Waals surface area contributed by atoms with Gasteiger partial charge >= 0.3 is 0 Å². The molecule has 0 aromatic carbocycles. The van der Waals surface area contributed by atoms with E-state index in [1.54, 1.807) is 42.6 Å². The Morgan fingerprint density at radius 2 is 0.929 bits per heavy atom. The molecule has 5 N–H and O–H groups in total. The number of fused-ring (bicyclic) bond motifs is 10. The second-order valence-corrected chi connectivity index (χ2v) is 23.0. The van der Waals surface area contributed by atoms with Crippen LogP contribution >= 0.6 is 0 Å². The number of rotatable bonds is 14.